The van der Waals surface area contributed by atoms with Crippen LogP contribution in [-0.2, 0) is 0 Å². The summed E-state index contributed by atoms with van der Waals surface area (Å²) in [6.45, 7) is 3.89. The molecule has 0 bridgehead atoms. The zero-order chi connectivity index (χ0) is 9.52. The summed E-state index contributed by atoms with van der Waals surface area (Å²) in [4.78, 5) is 0. The second-order valence-corrected chi connectivity index (χ2v) is 3.99. The van der Waals surface area contributed by atoms with Crippen molar-refractivity contribution in [1.82, 2.24) is 5.32 Å². The average Bonchev–Trinajstić information content (AvgIpc) is 2.14. The molecule has 0 fully saturated rings. The lowest BCUT2D eigenvalue weighted by atomic mass is 9.94. The summed E-state index contributed by atoms with van der Waals surface area (Å²) < 4.78 is 0. The van der Waals surface area contributed by atoms with Crippen LogP contribution in [0, 0.1) is 5.92 Å². The van der Waals surface area contributed by atoms with E-state index in [-0.39, 0.29) is 6.10 Å². The van der Waals surface area contributed by atoms with Crippen LogP contribution >= 0.6 is 0 Å². The molecule has 0 aliphatic heterocycles. The fourth-order valence-corrected chi connectivity index (χ4v) is 1.66. The Morgan fingerprint density at radius 1 is 1.54 bits per heavy atom. The minimum Gasteiger partial charge on any atom is -0.393 e. The molecular weight excluding hydrogens is 162 g/mol. The smallest absolute Gasteiger partial charge is 0.0524 e. The molecule has 0 unspecified atom stereocenters. The highest BCUT2D eigenvalue weighted by molar-refractivity contribution is 4.90. The summed E-state index contributed by atoms with van der Waals surface area (Å²) in [5.74, 6) is 0.819. The quantitative estimate of drug-likeness (QED) is 0.502. The maximum Gasteiger partial charge on any atom is 0.0524 e. The number of hydrogen-bond donors (Lipinski definition) is 2. The molecule has 2 N–H and O–H groups in total. The van der Waals surface area contributed by atoms with Gasteiger partial charge < -0.3 is 10.4 Å². The third-order valence-electron chi connectivity index (χ3n) is 2.55. The van der Waals surface area contributed by atoms with Crippen LogP contribution < -0.4 is 5.32 Å². The van der Waals surface area contributed by atoms with E-state index >= 15 is 0 Å². The van der Waals surface area contributed by atoms with Gasteiger partial charge in [-0.1, -0.05) is 12.2 Å². The van der Waals surface area contributed by atoms with Crippen LogP contribution in [0.5, 0.6) is 0 Å². The molecule has 0 saturated carbocycles. The predicted molar refractivity (Wildman–Crippen MR) is 55.6 cm³/mol. The molecule has 76 valence electrons. The van der Waals surface area contributed by atoms with E-state index in [0.717, 1.165) is 25.4 Å². The Bertz CT molecular complexity index is 154. The maximum absolute atomic E-state index is 9.04. The van der Waals surface area contributed by atoms with Crippen molar-refractivity contribution in [2.24, 2.45) is 5.92 Å². The number of hydrogen-bond acceptors (Lipinski definition) is 2. The minimum atomic E-state index is -0.168. The number of aliphatic hydroxyl groups is 1. The van der Waals surface area contributed by atoms with E-state index in [1.807, 2.05) is 6.92 Å². The van der Waals surface area contributed by atoms with Crippen molar-refractivity contribution in [3.05, 3.63) is 12.2 Å². The van der Waals surface area contributed by atoms with Gasteiger partial charge in [-0.05, 0) is 51.6 Å². The van der Waals surface area contributed by atoms with E-state index in [9.17, 15) is 0 Å². The highest BCUT2D eigenvalue weighted by atomic mass is 16.3. The number of rotatable bonds is 5. The minimum absolute atomic E-state index is 0.168. The Labute approximate surface area is 81.0 Å². The van der Waals surface area contributed by atoms with Crippen molar-refractivity contribution >= 4 is 0 Å². The third kappa shape index (κ3) is 5.06. The number of nitrogens with one attached hydrogen (secondary N) is 1. The molecule has 0 aromatic carbocycles. The van der Waals surface area contributed by atoms with Gasteiger partial charge in [-0.15, -0.1) is 0 Å². The van der Waals surface area contributed by atoms with Gasteiger partial charge in [0.25, 0.3) is 0 Å². The molecule has 0 amide bonds. The molecular formula is C11H21NO. The predicted octanol–water partition coefficient (Wildman–Crippen LogP) is 1.70. The molecule has 0 heterocycles. The summed E-state index contributed by atoms with van der Waals surface area (Å²) in [7, 11) is 0. The largest absolute Gasteiger partial charge is 0.393 e. The van der Waals surface area contributed by atoms with Gasteiger partial charge in [0, 0.05) is 0 Å². The number of allylic oxidation sites excluding steroid dienone is 2. The standard InChI is InChI=1S/C11H21NO/c1-10(13)7-8-12-9-11-5-3-2-4-6-11/h2-3,10-13H,4-9H2,1H3/t10-,11+/m0/s1. The van der Waals surface area contributed by atoms with Gasteiger partial charge in [-0.3, -0.25) is 0 Å². The first-order valence-corrected chi connectivity index (χ1v) is 5.33. The summed E-state index contributed by atoms with van der Waals surface area (Å²) in [6.07, 6.45) is 9.03. The maximum atomic E-state index is 9.04. The van der Waals surface area contributed by atoms with E-state index in [4.69, 9.17) is 5.11 Å². The van der Waals surface area contributed by atoms with E-state index in [1.54, 1.807) is 0 Å². The van der Waals surface area contributed by atoms with Crippen LogP contribution in [0.2, 0.25) is 0 Å². The van der Waals surface area contributed by atoms with Crippen molar-refractivity contribution in [3.8, 4) is 0 Å². The second kappa shape index (κ2) is 6.17. The molecule has 0 saturated heterocycles. The first-order chi connectivity index (χ1) is 6.29. The average molecular weight is 183 g/mol. The fraction of sp³-hybridized carbons (Fsp3) is 0.818. The van der Waals surface area contributed by atoms with Gasteiger partial charge in [-0.2, -0.15) is 0 Å². The van der Waals surface area contributed by atoms with Gasteiger partial charge in [0.15, 0.2) is 0 Å². The van der Waals surface area contributed by atoms with Crippen molar-refractivity contribution in [3.63, 3.8) is 0 Å². The summed E-state index contributed by atoms with van der Waals surface area (Å²) in [5.41, 5.74) is 0. The Morgan fingerprint density at radius 3 is 3.00 bits per heavy atom. The molecule has 2 atom stereocenters. The van der Waals surface area contributed by atoms with Crippen molar-refractivity contribution in [1.29, 1.82) is 0 Å². The van der Waals surface area contributed by atoms with Crippen LogP contribution in [0.25, 0.3) is 0 Å². The van der Waals surface area contributed by atoms with Gasteiger partial charge in [0.05, 0.1) is 6.10 Å². The lowest BCUT2D eigenvalue weighted by molar-refractivity contribution is 0.183. The molecule has 0 aromatic heterocycles. The van der Waals surface area contributed by atoms with Crippen molar-refractivity contribution in [2.45, 2.75) is 38.7 Å². The first kappa shape index (κ1) is 10.7. The zero-order valence-corrected chi connectivity index (χ0v) is 8.50. The van der Waals surface area contributed by atoms with E-state index in [2.05, 4.69) is 17.5 Å². The molecule has 1 aliphatic carbocycles. The Morgan fingerprint density at radius 2 is 2.38 bits per heavy atom. The Kier molecular flexibility index (Phi) is 5.09. The molecule has 2 nitrogen and oxygen atoms in total. The highest BCUT2D eigenvalue weighted by Gasteiger charge is 2.08. The van der Waals surface area contributed by atoms with Gasteiger partial charge in [-0.25, -0.2) is 0 Å². The topological polar surface area (TPSA) is 32.3 Å². The summed E-state index contributed by atoms with van der Waals surface area (Å²) in [6, 6.07) is 0. The van der Waals surface area contributed by atoms with Crippen molar-refractivity contribution < 1.29 is 5.11 Å². The molecule has 2 heteroatoms. The molecule has 13 heavy (non-hydrogen) atoms. The van der Waals surface area contributed by atoms with Crippen LogP contribution in [0.3, 0.4) is 0 Å². The SMILES string of the molecule is C[C@H](O)CCNC[C@@H]1CC=CCC1. The normalized spacial score (nSPS) is 24.6. The van der Waals surface area contributed by atoms with Gasteiger partial charge in [0.1, 0.15) is 0 Å². The fourth-order valence-electron chi connectivity index (χ4n) is 1.66. The molecule has 1 rings (SSSR count). The lowest BCUT2D eigenvalue weighted by Gasteiger charge is -2.18. The van der Waals surface area contributed by atoms with Crippen LogP contribution in [-0.4, -0.2) is 24.3 Å². The third-order valence-corrected chi connectivity index (χ3v) is 2.55. The highest BCUT2D eigenvalue weighted by Crippen LogP contribution is 2.16. The Hall–Kier alpha value is -0.340. The van der Waals surface area contributed by atoms with Gasteiger partial charge in [0.2, 0.25) is 0 Å². The van der Waals surface area contributed by atoms with Gasteiger partial charge >= 0.3 is 0 Å². The summed E-state index contributed by atoms with van der Waals surface area (Å²) in [5, 5.41) is 12.4. The Balaban J connectivity index is 1.96. The van der Waals surface area contributed by atoms with E-state index in [1.165, 1.54) is 19.3 Å². The van der Waals surface area contributed by atoms with E-state index in [0.29, 0.717) is 0 Å². The second-order valence-electron chi connectivity index (χ2n) is 3.99. The summed E-state index contributed by atoms with van der Waals surface area (Å²) >= 11 is 0. The molecule has 1 aliphatic rings. The van der Waals surface area contributed by atoms with Crippen LogP contribution in [0.1, 0.15) is 32.6 Å². The number of aliphatic hydroxyl groups excluding tert-OH is 1. The molecule has 0 aromatic rings. The molecule has 0 spiro atoms. The monoisotopic (exact) mass is 183 g/mol. The first-order valence-electron chi connectivity index (χ1n) is 5.33. The zero-order valence-electron chi connectivity index (χ0n) is 8.50. The van der Waals surface area contributed by atoms with Crippen LogP contribution in [0.4, 0.5) is 0 Å². The van der Waals surface area contributed by atoms with Crippen LogP contribution in [0.15, 0.2) is 12.2 Å². The molecule has 0 radical (unpaired) electrons. The lowest BCUT2D eigenvalue weighted by Crippen LogP contribution is -2.26. The van der Waals surface area contributed by atoms with E-state index < -0.39 is 0 Å². The van der Waals surface area contributed by atoms with Crippen molar-refractivity contribution in [2.75, 3.05) is 13.1 Å².